The largest absolute Gasteiger partial charge is 0.381 e. The zero-order valence-electron chi connectivity index (χ0n) is 13.7. The molecule has 3 heterocycles. The number of hydrogen-bond acceptors (Lipinski definition) is 6. The number of rotatable bonds is 4. The van der Waals surface area contributed by atoms with E-state index >= 15 is 0 Å². The monoisotopic (exact) mass is 319 g/mol. The van der Waals surface area contributed by atoms with Gasteiger partial charge in [0, 0.05) is 45.3 Å². The summed E-state index contributed by atoms with van der Waals surface area (Å²) in [6.07, 6.45) is 1.55. The van der Waals surface area contributed by atoms with Gasteiger partial charge in [-0.25, -0.2) is 0 Å². The summed E-state index contributed by atoms with van der Waals surface area (Å²) in [6, 6.07) is 3.78. The van der Waals surface area contributed by atoms with E-state index < -0.39 is 0 Å². The minimum atomic E-state index is 0.0203. The molecule has 23 heavy (non-hydrogen) atoms. The molecule has 2 aliphatic rings. The van der Waals surface area contributed by atoms with E-state index in [9.17, 15) is 4.79 Å². The maximum Gasteiger partial charge on any atom is 0.228 e. The van der Waals surface area contributed by atoms with Crippen molar-refractivity contribution in [1.29, 1.82) is 0 Å². The van der Waals surface area contributed by atoms with Crippen LogP contribution in [0.5, 0.6) is 0 Å². The number of piperazine rings is 1. The first-order chi connectivity index (χ1) is 11.3. The Balaban J connectivity index is 1.53. The van der Waals surface area contributed by atoms with Gasteiger partial charge in [-0.05, 0) is 31.5 Å². The number of nitrogens with zero attached hydrogens (tertiary/aromatic N) is 4. The van der Waals surface area contributed by atoms with E-state index in [0.29, 0.717) is 19.0 Å². The fraction of sp³-hybridized carbons (Fsp3) is 0.688. The van der Waals surface area contributed by atoms with Crippen molar-refractivity contribution in [1.82, 2.24) is 15.1 Å². The van der Waals surface area contributed by atoms with Crippen molar-refractivity contribution in [3.63, 3.8) is 0 Å². The van der Waals surface area contributed by atoms with E-state index in [1.54, 1.807) is 0 Å². The molecule has 2 saturated heterocycles. The van der Waals surface area contributed by atoms with Gasteiger partial charge in [0.05, 0.1) is 0 Å². The lowest BCUT2D eigenvalue weighted by Crippen LogP contribution is -2.46. The minimum Gasteiger partial charge on any atom is -0.381 e. The summed E-state index contributed by atoms with van der Waals surface area (Å²) in [7, 11) is 0. The van der Waals surface area contributed by atoms with Crippen molar-refractivity contribution in [3.05, 3.63) is 12.1 Å². The minimum absolute atomic E-state index is 0.0203. The molecule has 1 aromatic heterocycles. The Hall–Kier alpha value is -1.73. The fourth-order valence-electron chi connectivity index (χ4n) is 3.04. The summed E-state index contributed by atoms with van der Waals surface area (Å²) in [4.78, 5) is 16.8. The van der Waals surface area contributed by atoms with E-state index in [4.69, 9.17) is 4.74 Å². The summed E-state index contributed by atoms with van der Waals surface area (Å²) in [5, 5.41) is 11.3. The summed E-state index contributed by atoms with van der Waals surface area (Å²) in [5.41, 5.74) is 0. The molecular weight excluding hydrogens is 294 g/mol. The molecule has 2 aliphatic heterocycles. The van der Waals surface area contributed by atoms with Crippen molar-refractivity contribution >= 4 is 17.5 Å². The number of nitrogens with one attached hydrogen (secondary N) is 1. The lowest BCUT2D eigenvalue weighted by Gasteiger charge is -2.34. The molecule has 0 bridgehead atoms. The Labute approximate surface area is 137 Å². The van der Waals surface area contributed by atoms with Crippen LogP contribution in [0.1, 0.15) is 19.8 Å². The molecule has 126 valence electrons. The molecule has 3 rings (SSSR count). The Kier molecular flexibility index (Phi) is 5.40. The van der Waals surface area contributed by atoms with Crippen molar-refractivity contribution < 1.29 is 9.53 Å². The molecule has 2 fully saturated rings. The third kappa shape index (κ3) is 4.17. The number of carbonyl (C=O) groups is 1. The number of aromatic nitrogens is 2. The number of ether oxygens (including phenoxy) is 1. The van der Waals surface area contributed by atoms with Crippen LogP contribution in [0, 0.1) is 5.92 Å². The second-order valence-electron chi connectivity index (χ2n) is 6.07. The fourth-order valence-corrected chi connectivity index (χ4v) is 3.04. The maximum atomic E-state index is 12.2. The van der Waals surface area contributed by atoms with Gasteiger partial charge in [-0.1, -0.05) is 6.92 Å². The average Bonchev–Trinajstić information content (AvgIpc) is 2.63. The van der Waals surface area contributed by atoms with Crippen LogP contribution in [0.3, 0.4) is 0 Å². The van der Waals surface area contributed by atoms with Crippen molar-refractivity contribution in [2.24, 2.45) is 5.92 Å². The van der Waals surface area contributed by atoms with Gasteiger partial charge in [-0.2, -0.15) is 0 Å². The summed E-state index contributed by atoms with van der Waals surface area (Å²) >= 11 is 0. The van der Waals surface area contributed by atoms with E-state index in [-0.39, 0.29) is 11.8 Å². The van der Waals surface area contributed by atoms with Gasteiger partial charge in [-0.15, -0.1) is 10.2 Å². The lowest BCUT2D eigenvalue weighted by molar-refractivity contribution is -0.122. The third-order valence-electron chi connectivity index (χ3n) is 4.64. The number of carbonyl (C=O) groups excluding carboxylic acids is 1. The molecule has 0 atom stereocenters. The average molecular weight is 319 g/mol. The molecule has 0 spiro atoms. The number of amides is 1. The second kappa shape index (κ2) is 7.70. The van der Waals surface area contributed by atoms with Gasteiger partial charge in [-0.3, -0.25) is 4.79 Å². The molecule has 7 nitrogen and oxygen atoms in total. The normalized spacial score (nSPS) is 20.5. The van der Waals surface area contributed by atoms with Crippen LogP contribution >= 0.6 is 0 Å². The Bertz CT molecular complexity index is 508. The number of likely N-dealkylation sites (N-methyl/N-ethyl adjacent to an activating group) is 1. The summed E-state index contributed by atoms with van der Waals surface area (Å²) < 4.78 is 5.28. The Morgan fingerprint density at radius 3 is 2.57 bits per heavy atom. The quantitative estimate of drug-likeness (QED) is 0.892. The summed E-state index contributed by atoms with van der Waals surface area (Å²) in [6.45, 7) is 8.65. The van der Waals surface area contributed by atoms with Gasteiger partial charge in [0.2, 0.25) is 5.91 Å². The first-order valence-corrected chi connectivity index (χ1v) is 8.46. The van der Waals surface area contributed by atoms with E-state index in [1.807, 2.05) is 12.1 Å². The predicted molar refractivity (Wildman–Crippen MR) is 88.5 cm³/mol. The van der Waals surface area contributed by atoms with E-state index in [0.717, 1.165) is 51.4 Å². The molecule has 0 radical (unpaired) electrons. The van der Waals surface area contributed by atoms with Crippen LogP contribution in [0.2, 0.25) is 0 Å². The van der Waals surface area contributed by atoms with Crippen molar-refractivity contribution in [2.75, 3.05) is 56.2 Å². The highest BCUT2D eigenvalue weighted by molar-refractivity contribution is 5.91. The Morgan fingerprint density at radius 2 is 1.96 bits per heavy atom. The highest BCUT2D eigenvalue weighted by Gasteiger charge is 2.22. The zero-order valence-corrected chi connectivity index (χ0v) is 13.7. The predicted octanol–water partition coefficient (Wildman–Crippen LogP) is 0.984. The number of hydrogen-bond donors (Lipinski definition) is 1. The molecule has 0 aliphatic carbocycles. The Morgan fingerprint density at radius 1 is 1.22 bits per heavy atom. The van der Waals surface area contributed by atoms with Gasteiger partial charge >= 0.3 is 0 Å². The van der Waals surface area contributed by atoms with Crippen molar-refractivity contribution in [2.45, 2.75) is 19.8 Å². The van der Waals surface area contributed by atoms with Gasteiger partial charge in [0.25, 0.3) is 0 Å². The molecule has 0 aromatic carbocycles. The highest BCUT2D eigenvalue weighted by atomic mass is 16.5. The third-order valence-corrected chi connectivity index (χ3v) is 4.64. The van der Waals surface area contributed by atoms with Crippen molar-refractivity contribution in [3.8, 4) is 0 Å². The second-order valence-corrected chi connectivity index (χ2v) is 6.07. The van der Waals surface area contributed by atoms with Crippen LogP contribution in [-0.2, 0) is 9.53 Å². The molecule has 1 N–H and O–H groups in total. The topological polar surface area (TPSA) is 70.6 Å². The molecule has 1 aromatic rings. The molecule has 7 heteroatoms. The molecule has 0 saturated carbocycles. The van der Waals surface area contributed by atoms with Crippen LogP contribution in [0.25, 0.3) is 0 Å². The molecule has 0 unspecified atom stereocenters. The number of anilines is 2. The smallest absolute Gasteiger partial charge is 0.228 e. The standard InChI is InChI=1S/C16H25N5O2/c1-2-20-7-9-21(10-8-20)15-4-3-14(18-19-15)17-16(22)13-5-11-23-12-6-13/h3-4,13H,2,5-12H2,1H3,(H,17,18,22). The highest BCUT2D eigenvalue weighted by Crippen LogP contribution is 2.18. The van der Waals surface area contributed by atoms with Crippen LogP contribution in [0.4, 0.5) is 11.6 Å². The lowest BCUT2D eigenvalue weighted by atomic mass is 9.99. The summed E-state index contributed by atoms with van der Waals surface area (Å²) in [5.74, 6) is 1.45. The van der Waals surface area contributed by atoms with E-state index in [1.165, 1.54) is 0 Å². The van der Waals surface area contributed by atoms with Gasteiger partial charge in [0.15, 0.2) is 11.6 Å². The molecular formula is C16H25N5O2. The van der Waals surface area contributed by atoms with Crippen LogP contribution < -0.4 is 10.2 Å². The first kappa shape index (κ1) is 16.1. The van der Waals surface area contributed by atoms with Crippen LogP contribution in [-0.4, -0.2) is 66.9 Å². The van der Waals surface area contributed by atoms with Crippen LogP contribution in [0.15, 0.2) is 12.1 Å². The van der Waals surface area contributed by atoms with Gasteiger partial charge in [0.1, 0.15) is 0 Å². The first-order valence-electron chi connectivity index (χ1n) is 8.46. The molecule has 1 amide bonds. The maximum absolute atomic E-state index is 12.2. The SMILES string of the molecule is CCN1CCN(c2ccc(NC(=O)C3CCOCC3)nn2)CC1. The van der Waals surface area contributed by atoms with E-state index in [2.05, 4.69) is 32.2 Å². The zero-order chi connectivity index (χ0) is 16.1. The van der Waals surface area contributed by atoms with Gasteiger partial charge < -0.3 is 19.9 Å².